The maximum Gasteiger partial charge on any atom is 0.309 e. The molecule has 0 spiro atoms. The molecule has 4 heteroatoms. The number of carbonyl (C=O) groups excluding carboxylic acids is 1. The van der Waals surface area contributed by atoms with Gasteiger partial charge in [-0.3, -0.25) is 4.79 Å². The van der Waals surface area contributed by atoms with E-state index in [4.69, 9.17) is 5.26 Å². The molecule has 0 saturated carbocycles. The smallest absolute Gasteiger partial charge is 0.309 e. The van der Waals surface area contributed by atoms with Gasteiger partial charge >= 0.3 is 5.97 Å². The summed E-state index contributed by atoms with van der Waals surface area (Å²) >= 11 is 3.31. The molecule has 0 amide bonds. The van der Waals surface area contributed by atoms with Crippen LogP contribution in [0.4, 0.5) is 0 Å². The summed E-state index contributed by atoms with van der Waals surface area (Å²) in [5, 5.41) is 9.46. The Hall–Kier alpha value is -1.34. The second-order valence-corrected chi connectivity index (χ2v) is 3.60. The van der Waals surface area contributed by atoms with E-state index in [0.29, 0.717) is 10.9 Å². The first-order valence-corrected chi connectivity index (χ1v) is 5.47. The number of hydrogen-bond acceptors (Lipinski definition) is 3. The van der Waals surface area contributed by atoms with Gasteiger partial charge in [0.15, 0.2) is 0 Å². The van der Waals surface area contributed by atoms with Crippen LogP contribution in [0, 0.1) is 11.3 Å². The van der Waals surface area contributed by atoms with E-state index >= 15 is 0 Å². The molecule has 0 radical (unpaired) electrons. The second-order valence-electron chi connectivity index (χ2n) is 3.04. The van der Waals surface area contributed by atoms with Crippen LogP contribution in [0.25, 0.3) is 0 Å². The molecule has 0 saturated heterocycles. The van der Waals surface area contributed by atoms with Crippen LogP contribution >= 0.6 is 15.9 Å². The molecule has 3 nitrogen and oxygen atoms in total. The fourth-order valence-corrected chi connectivity index (χ4v) is 1.57. The fourth-order valence-electron chi connectivity index (χ4n) is 1.25. The molecule has 0 fully saturated rings. The molecule has 1 aromatic carbocycles. The number of alkyl halides is 1. The number of benzene rings is 1. The molecule has 0 unspecified atom stereocenters. The van der Waals surface area contributed by atoms with E-state index in [1.807, 2.05) is 6.07 Å². The van der Waals surface area contributed by atoms with Gasteiger partial charge in [0.25, 0.3) is 0 Å². The number of hydrogen-bond donors (Lipinski definition) is 0. The van der Waals surface area contributed by atoms with E-state index in [9.17, 15) is 4.79 Å². The Morgan fingerprint density at radius 2 is 2.13 bits per heavy atom. The lowest BCUT2D eigenvalue weighted by Gasteiger charge is -2.03. The van der Waals surface area contributed by atoms with Gasteiger partial charge in [-0.1, -0.05) is 22.0 Å². The predicted octanol–water partition coefficient (Wildman–Crippen LogP) is 2.17. The maximum atomic E-state index is 11.1. The van der Waals surface area contributed by atoms with Crippen LogP contribution < -0.4 is 0 Å². The Balaban J connectivity index is 2.98. The number of carbonyl (C=O) groups is 1. The fraction of sp³-hybridized carbons (Fsp3) is 0.273. The average Bonchev–Trinajstić information content (AvgIpc) is 2.28. The van der Waals surface area contributed by atoms with Gasteiger partial charge in [0.1, 0.15) is 0 Å². The number of nitriles is 1. The normalized spacial score (nSPS) is 9.40. The van der Waals surface area contributed by atoms with Crippen molar-refractivity contribution in [3.63, 3.8) is 0 Å². The summed E-state index contributed by atoms with van der Waals surface area (Å²) in [5.74, 6) is -0.300. The molecule has 1 rings (SSSR count). The number of methoxy groups -OCH3 is 1. The highest BCUT2D eigenvalue weighted by Gasteiger charge is 2.05. The van der Waals surface area contributed by atoms with Gasteiger partial charge in [-0.2, -0.15) is 5.26 Å². The number of nitrogens with zero attached hydrogens (tertiary/aromatic N) is 1. The summed E-state index contributed by atoms with van der Waals surface area (Å²) in [6.07, 6.45) is 0.200. The van der Waals surface area contributed by atoms with Crippen LogP contribution in [0.1, 0.15) is 16.7 Å². The van der Waals surface area contributed by atoms with Gasteiger partial charge in [0, 0.05) is 5.33 Å². The zero-order valence-corrected chi connectivity index (χ0v) is 9.87. The lowest BCUT2D eigenvalue weighted by Crippen LogP contribution is -2.05. The largest absolute Gasteiger partial charge is 0.469 e. The van der Waals surface area contributed by atoms with E-state index in [1.165, 1.54) is 7.11 Å². The van der Waals surface area contributed by atoms with Gasteiger partial charge in [0.2, 0.25) is 0 Å². The molecular formula is C11H10BrNO2. The first-order valence-electron chi connectivity index (χ1n) is 4.35. The van der Waals surface area contributed by atoms with Crippen molar-refractivity contribution in [3.8, 4) is 6.07 Å². The minimum Gasteiger partial charge on any atom is -0.469 e. The van der Waals surface area contributed by atoms with Crippen LogP contribution in [0.5, 0.6) is 0 Å². The molecule has 1 aromatic rings. The number of halogens is 1. The first-order chi connectivity index (χ1) is 7.19. The third-order valence-corrected chi connectivity index (χ3v) is 2.56. The van der Waals surface area contributed by atoms with Crippen molar-refractivity contribution in [2.75, 3.05) is 7.11 Å². The molecule has 0 heterocycles. The highest BCUT2D eigenvalue weighted by molar-refractivity contribution is 9.08. The van der Waals surface area contributed by atoms with Crippen LogP contribution in [0.2, 0.25) is 0 Å². The topological polar surface area (TPSA) is 50.1 Å². The quantitative estimate of drug-likeness (QED) is 0.623. The summed E-state index contributed by atoms with van der Waals surface area (Å²) in [6.45, 7) is 0. The molecule has 15 heavy (non-hydrogen) atoms. The van der Waals surface area contributed by atoms with Crippen molar-refractivity contribution in [1.29, 1.82) is 5.26 Å². The van der Waals surface area contributed by atoms with Gasteiger partial charge in [-0.05, 0) is 23.3 Å². The number of rotatable bonds is 3. The molecule has 0 atom stereocenters. The zero-order chi connectivity index (χ0) is 11.3. The number of esters is 1. The third-order valence-electron chi connectivity index (χ3n) is 1.91. The van der Waals surface area contributed by atoms with E-state index in [1.54, 1.807) is 12.1 Å². The number of ether oxygens (including phenoxy) is 1. The van der Waals surface area contributed by atoms with Crippen LogP contribution in [0.15, 0.2) is 18.2 Å². The monoisotopic (exact) mass is 267 g/mol. The van der Waals surface area contributed by atoms with Crippen molar-refractivity contribution in [1.82, 2.24) is 0 Å². The van der Waals surface area contributed by atoms with Crippen LogP contribution in [-0.4, -0.2) is 13.1 Å². The molecule has 0 aliphatic heterocycles. The van der Waals surface area contributed by atoms with Crippen molar-refractivity contribution in [2.24, 2.45) is 0 Å². The van der Waals surface area contributed by atoms with Crippen molar-refractivity contribution in [3.05, 3.63) is 34.9 Å². The summed E-state index contributed by atoms with van der Waals surface area (Å²) in [4.78, 5) is 11.1. The summed E-state index contributed by atoms with van der Waals surface area (Å²) in [7, 11) is 1.35. The minimum absolute atomic E-state index is 0.200. The Morgan fingerprint density at radius 3 is 2.67 bits per heavy atom. The Labute approximate surface area is 96.8 Å². The zero-order valence-electron chi connectivity index (χ0n) is 8.29. The Kier molecular flexibility index (Phi) is 4.32. The van der Waals surface area contributed by atoms with E-state index in [0.717, 1.165) is 11.1 Å². The predicted molar refractivity (Wildman–Crippen MR) is 59.5 cm³/mol. The SMILES string of the molecule is COC(=O)Cc1cc(C#N)cc(CBr)c1. The Morgan fingerprint density at radius 1 is 1.47 bits per heavy atom. The molecule has 0 bridgehead atoms. The standard InChI is InChI=1S/C11H10BrNO2/c1-15-11(14)5-8-2-9(6-12)4-10(3-8)7-13/h2-4H,5-6H2,1H3. The molecule has 0 N–H and O–H groups in total. The first kappa shape index (κ1) is 11.7. The van der Waals surface area contributed by atoms with Crippen molar-refractivity contribution in [2.45, 2.75) is 11.8 Å². The van der Waals surface area contributed by atoms with Gasteiger partial charge in [-0.15, -0.1) is 0 Å². The van der Waals surface area contributed by atoms with Gasteiger partial charge in [-0.25, -0.2) is 0 Å². The molecule has 78 valence electrons. The summed E-state index contributed by atoms with van der Waals surface area (Å²) in [5.41, 5.74) is 2.34. The van der Waals surface area contributed by atoms with E-state index in [2.05, 4.69) is 26.7 Å². The molecular weight excluding hydrogens is 258 g/mol. The summed E-state index contributed by atoms with van der Waals surface area (Å²) in [6, 6.07) is 7.43. The average molecular weight is 268 g/mol. The summed E-state index contributed by atoms with van der Waals surface area (Å²) < 4.78 is 4.57. The lowest BCUT2D eigenvalue weighted by molar-refractivity contribution is -0.139. The van der Waals surface area contributed by atoms with Crippen molar-refractivity contribution < 1.29 is 9.53 Å². The molecule has 0 aromatic heterocycles. The minimum atomic E-state index is -0.300. The van der Waals surface area contributed by atoms with Crippen molar-refractivity contribution >= 4 is 21.9 Å². The second kappa shape index (κ2) is 5.52. The van der Waals surface area contributed by atoms with E-state index in [-0.39, 0.29) is 12.4 Å². The van der Waals surface area contributed by atoms with Gasteiger partial charge < -0.3 is 4.74 Å². The highest BCUT2D eigenvalue weighted by Crippen LogP contribution is 2.13. The van der Waals surface area contributed by atoms with Crippen LogP contribution in [-0.2, 0) is 21.3 Å². The van der Waals surface area contributed by atoms with Gasteiger partial charge in [0.05, 0.1) is 25.2 Å². The van der Waals surface area contributed by atoms with E-state index < -0.39 is 0 Å². The Bertz CT molecular complexity index is 410. The molecule has 0 aliphatic rings. The van der Waals surface area contributed by atoms with Crippen LogP contribution in [0.3, 0.4) is 0 Å². The third kappa shape index (κ3) is 3.37. The lowest BCUT2D eigenvalue weighted by atomic mass is 10.1. The molecule has 0 aliphatic carbocycles. The maximum absolute atomic E-state index is 11.1. The highest BCUT2D eigenvalue weighted by atomic mass is 79.9.